The maximum Gasteiger partial charge on any atom is 0.232 e. The summed E-state index contributed by atoms with van der Waals surface area (Å²) in [6.07, 6.45) is 1.76. The van der Waals surface area contributed by atoms with E-state index in [0.717, 1.165) is 56.2 Å². The van der Waals surface area contributed by atoms with Crippen molar-refractivity contribution in [2.45, 2.75) is 25.5 Å². The van der Waals surface area contributed by atoms with E-state index in [-0.39, 0.29) is 5.91 Å². The minimum atomic E-state index is 0.253. The van der Waals surface area contributed by atoms with E-state index in [9.17, 15) is 4.79 Å². The third-order valence-electron chi connectivity index (χ3n) is 5.41. The molecule has 1 aliphatic rings. The predicted octanol–water partition coefficient (Wildman–Crippen LogP) is 4.12. The van der Waals surface area contributed by atoms with Crippen LogP contribution >= 0.6 is 23.1 Å². The molecule has 0 N–H and O–H groups in total. The fourth-order valence-electron chi connectivity index (χ4n) is 3.57. The first-order chi connectivity index (χ1) is 15.2. The number of nitrogens with zero attached hydrogens (tertiary/aromatic N) is 4. The van der Waals surface area contributed by atoms with E-state index in [2.05, 4.69) is 46.2 Å². The second kappa shape index (κ2) is 10.9. The fourth-order valence-corrected chi connectivity index (χ4v) is 5.11. The van der Waals surface area contributed by atoms with E-state index in [1.165, 1.54) is 11.1 Å². The molecule has 0 atom stereocenters. The zero-order valence-electron chi connectivity index (χ0n) is 17.8. The SMILES string of the molecule is Cc1ccc(CSCC(=O)N2CCN(CCCc3nc(-c4cccs4)no3)CC2)cc1. The Morgan fingerprint density at radius 2 is 1.97 bits per heavy atom. The van der Waals surface area contributed by atoms with E-state index in [0.29, 0.717) is 17.5 Å². The van der Waals surface area contributed by atoms with Crippen molar-refractivity contribution < 1.29 is 9.32 Å². The topological polar surface area (TPSA) is 62.5 Å². The largest absolute Gasteiger partial charge is 0.339 e. The van der Waals surface area contributed by atoms with Gasteiger partial charge in [-0.1, -0.05) is 41.1 Å². The van der Waals surface area contributed by atoms with E-state index < -0.39 is 0 Å². The Kier molecular flexibility index (Phi) is 7.77. The molecule has 8 heteroatoms. The number of carbonyl (C=O) groups excluding carboxylic acids is 1. The molecular weight excluding hydrogens is 428 g/mol. The van der Waals surface area contributed by atoms with Crippen LogP contribution in [0.2, 0.25) is 0 Å². The van der Waals surface area contributed by atoms with E-state index in [1.54, 1.807) is 23.1 Å². The number of thiophene rings is 1. The smallest absolute Gasteiger partial charge is 0.232 e. The molecule has 1 aromatic carbocycles. The zero-order valence-corrected chi connectivity index (χ0v) is 19.5. The summed E-state index contributed by atoms with van der Waals surface area (Å²) in [5.74, 6) is 3.07. The molecule has 0 saturated carbocycles. The molecule has 6 nitrogen and oxygen atoms in total. The van der Waals surface area contributed by atoms with Crippen LogP contribution in [0.1, 0.15) is 23.4 Å². The summed E-state index contributed by atoms with van der Waals surface area (Å²) in [5, 5.41) is 6.08. The Bertz CT molecular complexity index is 948. The van der Waals surface area contributed by atoms with Crippen molar-refractivity contribution in [2.24, 2.45) is 0 Å². The summed E-state index contributed by atoms with van der Waals surface area (Å²) >= 11 is 3.32. The lowest BCUT2D eigenvalue weighted by Crippen LogP contribution is -2.49. The molecule has 1 amide bonds. The molecule has 1 saturated heterocycles. The normalized spacial score (nSPS) is 14.8. The van der Waals surface area contributed by atoms with Gasteiger partial charge < -0.3 is 9.42 Å². The molecule has 3 heterocycles. The highest BCUT2D eigenvalue weighted by Crippen LogP contribution is 2.21. The number of aromatic nitrogens is 2. The van der Waals surface area contributed by atoms with Gasteiger partial charge in [0.05, 0.1) is 10.6 Å². The van der Waals surface area contributed by atoms with Gasteiger partial charge in [-0.15, -0.1) is 23.1 Å². The lowest BCUT2D eigenvalue weighted by atomic mass is 10.2. The Labute approximate surface area is 191 Å². The van der Waals surface area contributed by atoms with Crippen molar-refractivity contribution in [1.29, 1.82) is 0 Å². The average Bonchev–Trinajstić information content (AvgIpc) is 3.48. The number of amides is 1. The Morgan fingerprint density at radius 3 is 2.71 bits per heavy atom. The minimum Gasteiger partial charge on any atom is -0.339 e. The number of hydrogen-bond acceptors (Lipinski definition) is 7. The van der Waals surface area contributed by atoms with Crippen LogP contribution < -0.4 is 0 Å². The maximum absolute atomic E-state index is 12.5. The molecular formula is C23H28N4O2S2. The van der Waals surface area contributed by atoms with Crippen LogP contribution in [0.3, 0.4) is 0 Å². The van der Waals surface area contributed by atoms with Crippen molar-refractivity contribution in [3.63, 3.8) is 0 Å². The van der Waals surface area contributed by atoms with Crippen LogP contribution in [-0.2, 0) is 17.0 Å². The standard InChI is InChI=1S/C23H28N4O2S2/c1-18-6-8-19(9-7-18)16-30-17-22(28)27-13-11-26(12-14-27)10-2-5-21-24-23(25-29-21)20-4-3-15-31-20/h3-4,6-9,15H,2,5,10-14,16-17H2,1H3. The third-order valence-corrected chi connectivity index (χ3v) is 7.27. The molecule has 0 radical (unpaired) electrons. The number of carbonyl (C=O) groups is 1. The van der Waals surface area contributed by atoms with Gasteiger partial charge in [0.1, 0.15) is 0 Å². The van der Waals surface area contributed by atoms with E-state index in [4.69, 9.17) is 4.52 Å². The van der Waals surface area contributed by atoms with Crippen molar-refractivity contribution in [3.8, 4) is 10.7 Å². The monoisotopic (exact) mass is 456 g/mol. The maximum atomic E-state index is 12.5. The highest BCUT2D eigenvalue weighted by Gasteiger charge is 2.21. The van der Waals surface area contributed by atoms with Gasteiger partial charge in [0.2, 0.25) is 17.6 Å². The Morgan fingerprint density at radius 1 is 1.16 bits per heavy atom. The summed E-state index contributed by atoms with van der Waals surface area (Å²) in [4.78, 5) is 22.4. The summed E-state index contributed by atoms with van der Waals surface area (Å²) in [5.41, 5.74) is 2.54. The van der Waals surface area contributed by atoms with Crippen LogP contribution in [-0.4, -0.2) is 64.3 Å². The first-order valence-electron chi connectivity index (χ1n) is 10.7. The molecule has 0 bridgehead atoms. The van der Waals surface area contributed by atoms with Crippen LogP contribution in [0.5, 0.6) is 0 Å². The Balaban J connectivity index is 1.11. The van der Waals surface area contributed by atoms with E-state index >= 15 is 0 Å². The predicted molar refractivity (Wildman–Crippen MR) is 126 cm³/mol. The van der Waals surface area contributed by atoms with Gasteiger partial charge in [0.25, 0.3) is 0 Å². The Hall–Kier alpha value is -2.16. The van der Waals surface area contributed by atoms with Crippen molar-refractivity contribution in [1.82, 2.24) is 19.9 Å². The summed E-state index contributed by atoms with van der Waals surface area (Å²) in [6.45, 7) is 6.56. The summed E-state index contributed by atoms with van der Waals surface area (Å²) < 4.78 is 5.37. The van der Waals surface area contributed by atoms with Crippen LogP contribution in [0.4, 0.5) is 0 Å². The van der Waals surface area contributed by atoms with Crippen LogP contribution in [0, 0.1) is 6.92 Å². The van der Waals surface area contributed by atoms with Crippen molar-refractivity contribution >= 4 is 29.0 Å². The second-order valence-electron chi connectivity index (χ2n) is 7.79. The number of rotatable bonds is 9. The molecule has 164 valence electrons. The number of piperazine rings is 1. The second-order valence-corrected chi connectivity index (χ2v) is 9.73. The van der Waals surface area contributed by atoms with Crippen molar-refractivity contribution in [2.75, 3.05) is 38.5 Å². The number of hydrogen-bond donors (Lipinski definition) is 0. The third kappa shape index (κ3) is 6.41. The lowest BCUT2D eigenvalue weighted by molar-refractivity contribution is -0.130. The van der Waals surface area contributed by atoms with Gasteiger partial charge in [-0.25, -0.2) is 0 Å². The summed E-state index contributed by atoms with van der Waals surface area (Å²) in [6, 6.07) is 12.5. The van der Waals surface area contributed by atoms with Gasteiger partial charge >= 0.3 is 0 Å². The molecule has 3 aromatic rings. The van der Waals surface area contributed by atoms with Gasteiger partial charge in [-0.3, -0.25) is 9.69 Å². The molecule has 0 aliphatic carbocycles. The van der Waals surface area contributed by atoms with Gasteiger partial charge in [-0.2, -0.15) is 4.98 Å². The van der Waals surface area contributed by atoms with Crippen LogP contribution in [0.25, 0.3) is 10.7 Å². The fraction of sp³-hybridized carbons (Fsp3) is 0.435. The summed E-state index contributed by atoms with van der Waals surface area (Å²) in [7, 11) is 0. The number of benzene rings is 1. The quantitative estimate of drug-likeness (QED) is 0.483. The first-order valence-corrected chi connectivity index (χ1v) is 12.7. The highest BCUT2D eigenvalue weighted by atomic mass is 32.2. The lowest BCUT2D eigenvalue weighted by Gasteiger charge is -2.34. The van der Waals surface area contributed by atoms with Gasteiger partial charge in [0.15, 0.2) is 0 Å². The van der Waals surface area contributed by atoms with Gasteiger partial charge in [0, 0.05) is 38.4 Å². The molecule has 4 rings (SSSR count). The molecule has 0 spiro atoms. The average molecular weight is 457 g/mol. The molecule has 1 aliphatic heterocycles. The molecule has 1 fully saturated rings. The molecule has 2 aromatic heterocycles. The van der Waals surface area contributed by atoms with Crippen LogP contribution in [0.15, 0.2) is 46.3 Å². The van der Waals surface area contributed by atoms with Gasteiger partial charge in [-0.05, 0) is 36.9 Å². The highest BCUT2D eigenvalue weighted by molar-refractivity contribution is 7.99. The zero-order chi connectivity index (χ0) is 21.5. The van der Waals surface area contributed by atoms with Crippen molar-refractivity contribution in [3.05, 3.63) is 58.8 Å². The molecule has 0 unspecified atom stereocenters. The molecule has 31 heavy (non-hydrogen) atoms. The first kappa shape index (κ1) is 22.0. The van der Waals surface area contributed by atoms with E-state index in [1.807, 2.05) is 22.4 Å². The number of thioether (sulfide) groups is 1. The minimum absolute atomic E-state index is 0.253. The number of aryl methyl sites for hydroxylation is 2.